The van der Waals surface area contributed by atoms with E-state index < -0.39 is 0 Å². The zero-order chi connectivity index (χ0) is 24.2. The molecule has 0 amide bonds. The topological polar surface area (TPSA) is 18.5 Å². The lowest BCUT2D eigenvalue weighted by Gasteiger charge is -2.15. The van der Waals surface area contributed by atoms with Crippen LogP contribution in [0.3, 0.4) is 0 Å². The summed E-state index contributed by atoms with van der Waals surface area (Å²) in [4.78, 5) is 0. The highest BCUT2D eigenvalue weighted by atomic mass is 19.1. The van der Waals surface area contributed by atoms with Gasteiger partial charge in [0, 0.05) is 5.56 Å². The van der Waals surface area contributed by atoms with E-state index in [0.717, 1.165) is 47.6 Å². The first kappa shape index (κ1) is 25.8. The molecule has 3 heteroatoms. The van der Waals surface area contributed by atoms with Gasteiger partial charge in [-0.3, -0.25) is 0 Å². The molecule has 3 aromatic carbocycles. The van der Waals surface area contributed by atoms with Gasteiger partial charge < -0.3 is 9.47 Å². The Bertz CT molecular complexity index is 979. The predicted octanol–water partition coefficient (Wildman–Crippen LogP) is 9.47. The van der Waals surface area contributed by atoms with Gasteiger partial charge in [0.1, 0.15) is 17.3 Å². The van der Waals surface area contributed by atoms with Gasteiger partial charge in [-0.25, -0.2) is 4.39 Å². The molecule has 2 nitrogen and oxygen atoms in total. The van der Waals surface area contributed by atoms with Gasteiger partial charge in [-0.05, 0) is 73.2 Å². The lowest BCUT2D eigenvalue weighted by atomic mass is 9.99. The van der Waals surface area contributed by atoms with Gasteiger partial charge in [-0.2, -0.15) is 0 Å². The highest BCUT2D eigenvalue weighted by Gasteiger charge is 2.09. The van der Waals surface area contributed by atoms with Crippen molar-refractivity contribution in [1.29, 1.82) is 0 Å². The van der Waals surface area contributed by atoms with Crippen LogP contribution in [-0.2, 0) is 0 Å². The molecule has 0 saturated carbocycles. The zero-order valence-electron chi connectivity index (χ0n) is 21.0. The molecule has 0 aliphatic heterocycles. The summed E-state index contributed by atoms with van der Waals surface area (Å²) in [5.41, 5.74) is 3.28. The van der Waals surface area contributed by atoms with E-state index in [9.17, 15) is 4.39 Å². The number of rotatable bonds is 14. The van der Waals surface area contributed by atoms with Crippen molar-refractivity contribution in [3.8, 4) is 33.8 Å². The van der Waals surface area contributed by atoms with Crippen molar-refractivity contribution in [2.45, 2.75) is 78.2 Å². The number of benzene rings is 3. The molecule has 1 atom stereocenters. The lowest BCUT2D eigenvalue weighted by Crippen LogP contribution is -2.11. The number of hydrogen-bond donors (Lipinski definition) is 0. The first-order valence-corrected chi connectivity index (χ1v) is 12.9. The monoisotopic (exact) mass is 462 g/mol. The molecule has 34 heavy (non-hydrogen) atoms. The smallest absolute Gasteiger partial charge is 0.131 e. The predicted molar refractivity (Wildman–Crippen MR) is 141 cm³/mol. The average Bonchev–Trinajstić information content (AvgIpc) is 2.85. The second-order valence-corrected chi connectivity index (χ2v) is 9.08. The van der Waals surface area contributed by atoms with E-state index in [1.54, 1.807) is 6.07 Å². The Balaban J connectivity index is 1.59. The third-order valence-corrected chi connectivity index (χ3v) is 6.14. The van der Waals surface area contributed by atoms with Gasteiger partial charge in [0.15, 0.2) is 0 Å². The molecule has 0 aliphatic carbocycles. The summed E-state index contributed by atoms with van der Waals surface area (Å²) >= 11 is 0. The van der Waals surface area contributed by atoms with Crippen LogP contribution in [0.4, 0.5) is 4.39 Å². The molecular formula is C31H39FO2. The minimum absolute atomic E-state index is 0.201. The van der Waals surface area contributed by atoms with Crippen LogP contribution in [0.5, 0.6) is 11.5 Å². The van der Waals surface area contributed by atoms with Crippen LogP contribution >= 0.6 is 0 Å². The van der Waals surface area contributed by atoms with Crippen molar-refractivity contribution >= 4 is 0 Å². The molecule has 3 aromatic rings. The fourth-order valence-electron chi connectivity index (χ4n) is 4.08. The first-order valence-electron chi connectivity index (χ1n) is 12.9. The molecule has 0 N–H and O–H groups in total. The highest BCUT2D eigenvalue weighted by Crippen LogP contribution is 2.30. The van der Waals surface area contributed by atoms with Gasteiger partial charge in [-0.1, -0.05) is 82.3 Å². The summed E-state index contributed by atoms with van der Waals surface area (Å²) in [5, 5.41) is 0. The molecule has 0 unspecified atom stereocenters. The molecular weight excluding hydrogens is 423 g/mol. The van der Waals surface area contributed by atoms with E-state index in [-0.39, 0.29) is 11.9 Å². The summed E-state index contributed by atoms with van der Waals surface area (Å²) in [7, 11) is 0. The van der Waals surface area contributed by atoms with Crippen LogP contribution in [0.25, 0.3) is 22.3 Å². The van der Waals surface area contributed by atoms with Crippen molar-refractivity contribution in [3.05, 3.63) is 72.5 Å². The quantitative estimate of drug-likeness (QED) is 0.222. The number of halogens is 1. The van der Waals surface area contributed by atoms with Gasteiger partial charge in [-0.15, -0.1) is 0 Å². The minimum Gasteiger partial charge on any atom is -0.494 e. The normalized spacial score (nSPS) is 11.9. The zero-order valence-corrected chi connectivity index (χ0v) is 21.0. The maximum atomic E-state index is 15.0. The molecule has 0 fully saturated rings. The molecule has 0 radical (unpaired) electrons. The van der Waals surface area contributed by atoms with Crippen LogP contribution in [0.1, 0.15) is 72.1 Å². The minimum atomic E-state index is -0.226. The second kappa shape index (κ2) is 13.8. The van der Waals surface area contributed by atoms with Crippen LogP contribution < -0.4 is 9.47 Å². The Morgan fingerprint density at radius 1 is 0.676 bits per heavy atom. The number of ether oxygens (including phenoxy) is 2. The Morgan fingerprint density at radius 2 is 1.29 bits per heavy atom. The SMILES string of the molecule is CCCCCCOc1ccc(-c2ccc(-c3ccc(O[C@H](C)CCCCC)cc3)cc2F)cc1. The Kier molecular flexibility index (Phi) is 10.5. The Hall–Kier alpha value is -2.81. The molecule has 0 bridgehead atoms. The van der Waals surface area contributed by atoms with E-state index in [4.69, 9.17) is 9.47 Å². The molecule has 182 valence electrons. The maximum absolute atomic E-state index is 15.0. The van der Waals surface area contributed by atoms with Crippen molar-refractivity contribution < 1.29 is 13.9 Å². The average molecular weight is 463 g/mol. The summed E-state index contributed by atoms with van der Waals surface area (Å²) in [5.74, 6) is 1.47. The van der Waals surface area contributed by atoms with Gasteiger partial charge in [0.2, 0.25) is 0 Å². The maximum Gasteiger partial charge on any atom is 0.131 e. The van der Waals surface area contributed by atoms with Crippen LogP contribution in [-0.4, -0.2) is 12.7 Å². The second-order valence-electron chi connectivity index (χ2n) is 9.08. The summed E-state index contributed by atoms with van der Waals surface area (Å²) in [6.45, 7) is 7.25. The summed E-state index contributed by atoms with van der Waals surface area (Å²) in [6.07, 6.45) is 9.64. The van der Waals surface area contributed by atoms with Gasteiger partial charge in [0.25, 0.3) is 0 Å². The van der Waals surface area contributed by atoms with Crippen LogP contribution in [0.2, 0.25) is 0 Å². The van der Waals surface area contributed by atoms with E-state index in [1.165, 1.54) is 38.5 Å². The fraction of sp³-hybridized carbons (Fsp3) is 0.419. The van der Waals surface area contributed by atoms with E-state index in [1.807, 2.05) is 60.7 Å². The lowest BCUT2D eigenvalue weighted by molar-refractivity contribution is 0.206. The first-order chi connectivity index (χ1) is 16.6. The summed E-state index contributed by atoms with van der Waals surface area (Å²) in [6, 6.07) is 21.1. The van der Waals surface area contributed by atoms with Crippen molar-refractivity contribution in [3.63, 3.8) is 0 Å². The third kappa shape index (κ3) is 7.90. The number of hydrogen-bond acceptors (Lipinski definition) is 2. The standard InChI is InChI=1S/C31H39FO2/c1-4-6-8-10-22-33-28-17-14-26(15-18-28)30-21-16-27(23-31(30)32)25-12-19-29(20-13-25)34-24(3)11-9-7-5-2/h12-21,23-24H,4-11,22H2,1-3H3/t24-/m1/s1. The number of unbranched alkanes of at least 4 members (excludes halogenated alkanes) is 5. The molecule has 0 heterocycles. The van der Waals surface area contributed by atoms with E-state index in [2.05, 4.69) is 20.8 Å². The van der Waals surface area contributed by atoms with Crippen LogP contribution in [0.15, 0.2) is 66.7 Å². The fourth-order valence-corrected chi connectivity index (χ4v) is 4.08. The summed E-state index contributed by atoms with van der Waals surface area (Å²) < 4.78 is 26.8. The highest BCUT2D eigenvalue weighted by molar-refractivity contribution is 5.71. The molecule has 0 aromatic heterocycles. The Labute approximate surface area is 205 Å². The van der Waals surface area contributed by atoms with E-state index >= 15 is 0 Å². The van der Waals surface area contributed by atoms with Crippen molar-refractivity contribution in [2.24, 2.45) is 0 Å². The van der Waals surface area contributed by atoms with Crippen LogP contribution in [0, 0.1) is 5.82 Å². The Morgan fingerprint density at radius 3 is 1.97 bits per heavy atom. The van der Waals surface area contributed by atoms with Gasteiger partial charge >= 0.3 is 0 Å². The third-order valence-electron chi connectivity index (χ3n) is 6.14. The van der Waals surface area contributed by atoms with Crippen molar-refractivity contribution in [1.82, 2.24) is 0 Å². The van der Waals surface area contributed by atoms with Gasteiger partial charge in [0.05, 0.1) is 12.7 Å². The molecule has 3 rings (SSSR count). The molecule has 0 saturated heterocycles. The molecule has 0 spiro atoms. The molecule has 0 aliphatic rings. The largest absolute Gasteiger partial charge is 0.494 e. The van der Waals surface area contributed by atoms with E-state index in [0.29, 0.717) is 5.56 Å². The van der Waals surface area contributed by atoms with Crippen molar-refractivity contribution in [2.75, 3.05) is 6.61 Å².